The Balaban J connectivity index is 2.66. The van der Waals surface area contributed by atoms with Crippen LogP contribution in [0.25, 0.3) is 0 Å². The van der Waals surface area contributed by atoms with Gasteiger partial charge in [-0.25, -0.2) is 0 Å². The van der Waals surface area contributed by atoms with E-state index < -0.39 is 0 Å². The molecule has 0 aliphatic rings. The molecule has 0 aliphatic carbocycles. The van der Waals surface area contributed by atoms with E-state index in [2.05, 4.69) is 29.3 Å². The van der Waals surface area contributed by atoms with Crippen molar-refractivity contribution in [2.45, 2.75) is 27.7 Å². The van der Waals surface area contributed by atoms with Gasteiger partial charge in [0.15, 0.2) is 0 Å². The average molecular weight is 278 g/mol. The van der Waals surface area contributed by atoms with Crippen LogP contribution in [0, 0.1) is 20.8 Å². The summed E-state index contributed by atoms with van der Waals surface area (Å²) in [4.78, 5) is 14.2. The van der Waals surface area contributed by atoms with Gasteiger partial charge in [-0.05, 0) is 38.4 Å². The zero-order valence-corrected chi connectivity index (χ0v) is 13.2. The predicted octanol–water partition coefficient (Wildman–Crippen LogP) is 2.52. The summed E-state index contributed by atoms with van der Waals surface area (Å²) in [6.45, 7) is 10.8. The number of nitrogens with one attached hydrogen (secondary N) is 1. The number of hydrogen-bond acceptors (Lipinski definition) is 3. The van der Waals surface area contributed by atoms with Gasteiger partial charge in [0.1, 0.15) is 0 Å². The second-order valence-corrected chi connectivity index (χ2v) is 5.18. The van der Waals surface area contributed by atoms with Crippen molar-refractivity contribution in [1.29, 1.82) is 0 Å². The number of carbonyl (C=O) groups excluding carboxylic acids is 1. The van der Waals surface area contributed by atoms with Crippen molar-refractivity contribution in [2.75, 3.05) is 38.7 Å². The van der Waals surface area contributed by atoms with Crippen LogP contribution in [0.1, 0.15) is 23.6 Å². The van der Waals surface area contributed by atoms with Gasteiger partial charge in [-0.1, -0.05) is 24.6 Å². The second-order valence-electron chi connectivity index (χ2n) is 5.18. The molecule has 0 aliphatic heterocycles. The van der Waals surface area contributed by atoms with Gasteiger partial charge in [0.25, 0.3) is 0 Å². The van der Waals surface area contributed by atoms with Crippen molar-refractivity contribution < 1.29 is 9.53 Å². The first-order valence-corrected chi connectivity index (χ1v) is 7.07. The molecule has 4 nitrogen and oxygen atoms in total. The zero-order valence-electron chi connectivity index (χ0n) is 13.2. The molecule has 0 radical (unpaired) electrons. The van der Waals surface area contributed by atoms with Crippen molar-refractivity contribution in [1.82, 2.24) is 4.90 Å². The summed E-state index contributed by atoms with van der Waals surface area (Å²) in [6, 6.07) is 4.18. The Bertz CT molecular complexity index is 435. The summed E-state index contributed by atoms with van der Waals surface area (Å²) < 4.78 is 5.05. The van der Waals surface area contributed by atoms with Crippen LogP contribution in [0.5, 0.6) is 0 Å². The number of likely N-dealkylation sites (N-methyl/N-ethyl adjacent to an activating group) is 1. The highest BCUT2D eigenvalue weighted by molar-refractivity contribution is 5.93. The van der Waals surface area contributed by atoms with Crippen molar-refractivity contribution in [2.24, 2.45) is 0 Å². The van der Waals surface area contributed by atoms with E-state index in [-0.39, 0.29) is 5.91 Å². The number of benzene rings is 1. The van der Waals surface area contributed by atoms with Crippen LogP contribution in [0.15, 0.2) is 12.1 Å². The quantitative estimate of drug-likeness (QED) is 0.833. The fraction of sp³-hybridized carbons (Fsp3) is 0.562. The molecule has 1 rings (SSSR count). The lowest BCUT2D eigenvalue weighted by atomic mass is 10.1. The number of carbonyl (C=O) groups is 1. The fourth-order valence-electron chi connectivity index (χ4n) is 2.33. The van der Waals surface area contributed by atoms with Crippen LogP contribution in [-0.2, 0) is 9.53 Å². The Labute approximate surface area is 122 Å². The minimum absolute atomic E-state index is 0.0259. The minimum Gasteiger partial charge on any atom is -0.383 e. The first-order chi connectivity index (χ1) is 9.47. The Morgan fingerprint density at radius 3 is 2.35 bits per heavy atom. The summed E-state index contributed by atoms with van der Waals surface area (Å²) >= 11 is 0. The van der Waals surface area contributed by atoms with Crippen LogP contribution in [-0.4, -0.2) is 44.2 Å². The van der Waals surface area contributed by atoms with Gasteiger partial charge in [0.2, 0.25) is 5.91 Å². The molecule has 0 saturated heterocycles. The molecule has 0 fully saturated rings. The zero-order chi connectivity index (χ0) is 15.1. The van der Waals surface area contributed by atoms with Gasteiger partial charge < -0.3 is 10.1 Å². The second kappa shape index (κ2) is 8.02. The largest absolute Gasteiger partial charge is 0.383 e. The van der Waals surface area contributed by atoms with E-state index in [1.54, 1.807) is 7.11 Å². The molecular formula is C16H26N2O2. The molecule has 0 aromatic heterocycles. The number of methoxy groups -OCH3 is 1. The van der Waals surface area contributed by atoms with Crippen molar-refractivity contribution in [3.05, 3.63) is 28.8 Å². The monoisotopic (exact) mass is 278 g/mol. The topological polar surface area (TPSA) is 41.6 Å². The van der Waals surface area contributed by atoms with Crippen molar-refractivity contribution in [3.8, 4) is 0 Å². The molecule has 1 aromatic carbocycles. The Morgan fingerprint density at radius 2 is 1.85 bits per heavy atom. The van der Waals surface area contributed by atoms with Crippen molar-refractivity contribution in [3.63, 3.8) is 0 Å². The van der Waals surface area contributed by atoms with E-state index in [4.69, 9.17) is 4.74 Å². The highest BCUT2D eigenvalue weighted by Crippen LogP contribution is 2.21. The molecule has 0 bridgehead atoms. The lowest BCUT2D eigenvalue weighted by Crippen LogP contribution is -2.35. The number of hydrogen-bond donors (Lipinski definition) is 1. The number of ether oxygens (including phenoxy) is 1. The summed E-state index contributed by atoms with van der Waals surface area (Å²) in [7, 11) is 1.67. The summed E-state index contributed by atoms with van der Waals surface area (Å²) in [5.41, 5.74) is 4.36. The van der Waals surface area contributed by atoms with Gasteiger partial charge >= 0.3 is 0 Å². The molecular weight excluding hydrogens is 252 g/mol. The van der Waals surface area contributed by atoms with Crippen LogP contribution in [0.3, 0.4) is 0 Å². The standard InChI is InChI=1S/C16H26N2O2/c1-6-18(7-8-20-5)11-15(19)17-16-13(3)9-12(2)10-14(16)4/h9-10H,6-8,11H2,1-5H3,(H,17,19). The minimum atomic E-state index is 0.0259. The van der Waals surface area contributed by atoms with E-state index in [1.165, 1.54) is 5.56 Å². The molecule has 1 N–H and O–H groups in total. The smallest absolute Gasteiger partial charge is 0.238 e. The lowest BCUT2D eigenvalue weighted by Gasteiger charge is -2.20. The number of anilines is 1. The van der Waals surface area contributed by atoms with Gasteiger partial charge in [-0.15, -0.1) is 0 Å². The Morgan fingerprint density at radius 1 is 1.25 bits per heavy atom. The van der Waals surface area contributed by atoms with Crippen molar-refractivity contribution >= 4 is 11.6 Å². The van der Waals surface area contributed by atoms with Gasteiger partial charge in [-0.3, -0.25) is 9.69 Å². The first kappa shape index (κ1) is 16.7. The summed E-state index contributed by atoms with van der Waals surface area (Å²) in [6.07, 6.45) is 0. The van der Waals surface area contributed by atoms with Crippen LogP contribution in [0.4, 0.5) is 5.69 Å². The highest BCUT2D eigenvalue weighted by atomic mass is 16.5. The molecule has 4 heteroatoms. The molecule has 0 heterocycles. The molecule has 1 aromatic rings. The van der Waals surface area contributed by atoms with Crippen LogP contribution >= 0.6 is 0 Å². The molecule has 112 valence electrons. The molecule has 0 atom stereocenters. The van der Waals surface area contributed by atoms with Crippen LogP contribution < -0.4 is 5.32 Å². The number of rotatable bonds is 7. The third kappa shape index (κ3) is 4.94. The predicted molar refractivity (Wildman–Crippen MR) is 83.3 cm³/mol. The van der Waals surface area contributed by atoms with Gasteiger partial charge in [0, 0.05) is 19.3 Å². The van der Waals surface area contributed by atoms with Gasteiger partial charge in [-0.2, -0.15) is 0 Å². The van der Waals surface area contributed by atoms with E-state index in [0.717, 1.165) is 29.9 Å². The Hall–Kier alpha value is -1.39. The molecule has 20 heavy (non-hydrogen) atoms. The third-order valence-electron chi connectivity index (χ3n) is 3.37. The fourth-order valence-corrected chi connectivity index (χ4v) is 2.33. The van der Waals surface area contributed by atoms with Crippen LogP contribution in [0.2, 0.25) is 0 Å². The maximum Gasteiger partial charge on any atom is 0.238 e. The molecule has 0 unspecified atom stereocenters. The third-order valence-corrected chi connectivity index (χ3v) is 3.37. The Kier molecular flexibility index (Phi) is 6.68. The number of amides is 1. The molecule has 0 spiro atoms. The normalized spacial score (nSPS) is 10.9. The molecule has 1 amide bonds. The summed E-state index contributed by atoms with van der Waals surface area (Å²) in [5.74, 6) is 0.0259. The summed E-state index contributed by atoms with van der Waals surface area (Å²) in [5, 5.41) is 3.03. The SMILES string of the molecule is CCN(CCOC)CC(=O)Nc1c(C)cc(C)cc1C. The maximum atomic E-state index is 12.1. The van der Waals surface area contributed by atoms with Gasteiger partial charge in [0.05, 0.1) is 13.2 Å². The number of aryl methyl sites for hydroxylation is 3. The number of nitrogens with zero attached hydrogens (tertiary/aromatic N) is 1. The van der Waals surface area contributed by atoms with E-state index >= 15 is 0 Å². The molecule has 0 saturated carbocycles. The van der Waals surface area contributed by atoms with E-state index in [1.807, 2.05) is 20.8 Å². The van der Waals surface area contributed by atoms with E-state index in [9.17, 15) is 4.79 Å². The first-order valence-electron chi connectivity index (χ1n) is 7.07. The average Bonchev–Trinajstić information content (AvgIpc) is 2.38. The maximum absolute atomic E-state index is 12.1. The highest BCUT2D eigenvalue weighted by Gasteiger charge is 2.11. The van der Waals surface area contributed by atoms with E-state index in [0.29, 0.717) is 13.2 Å². The lowest BCUT2D eigenvalue weighted by molar-refractivity contribution is -0.117.